The van der Waals surface area contributed by atoms with Crippen LogP contribution in [0.4, 0.5) is 10.3 Å². The summed E-state index contributed by atoms with van der Waals surface area (Å²) in [6, 6.07) is 14.3. The van der Waals surface area contributed by atoms with E-state index in [1.807, 2.05) is 40.6 Å². The summed E-state index contributed by atoms with van der Waals surface area (Å²) >= 11 is 7.21. The molecular weight excluding hydrogens is 475 g/mol. The molecule has 1 saturated heterocycles. The second kappa shape index (κ2) is 9.56. The van der Waals surface area contributed by atoms with Crippen LogP contribution in [0.3, 0.4) is 0 Å². The number of hydrogen-bond donors (Lipinski definition) is 2. The Hall–Kier alpha value is -3.23. The van der Waals surface area contributed by atoms with Gasteiger partial charge in [-0.05, 0) is 36.1 Å². The molecule has 1 aliphatic heterocycles. The van der Waals surface area contributed by atoms with Crippen LogP contribution in [0.2, 0.25) is 5.02 Å². The van der Waals surface area contributed by atoms with Gasteiger partial charge in [-0.25, -0.2) is 9.37 Å². The first-order valence-electron chi connectivity index (χ1n) is 11.0. The Morgan fingerprint density at radius 3 is 2.88 bits per heavy atom. The molecule has 4 aromatic rings. The molecule has 1 amide bonds. The SMILES string of the molecule is O=C(NCc1ccc(F)c(Cl)c1)[C@H]1CCCN(c2nc3c(-c4ccccc4)csc3c(=O)[nH]2)C1. The number of H-pyrrole nitrogens is 1. The van der Waals surface area contributed by atoms with Crippen LogP contribution in [0.5, 0.6) is 0 Å². The van der Waals surface area contributed by atoms with Crippen LogP contribution < -0.4 is 15.8 Å². The number of aromatic amines is 1. The minimum atomic E-state index is -0.487. The van der Waals surface area contributed by atoms with E-state index in [-0.39, 0.29) is 29.0 Å². The van der Waals surface area contributed by atoms with Gasteiger partial charge in [-0.15, -0.1) is 11.3 Å². The highest BCUT2D eigenvalue weighted by molar-refractivity contribution is 7.17. The van der Waals surface area contributed by atoms with Crippen molar-refractivity contribution in [3.63, 3.8) is 0 Å². The first kappa shape index (κ1) is 22.6. The highest BCUT2D eigenvalue weighted by Crippen LogP contribution is 2.32. The molecule has 174 valence electrons. The number of nitrogens with one attached hydrogen (secondary N) is 2. The van der Waals surface area contributed by atoms with Crippen molar-refractivity contribution >= 4 is 45.0 Å². The van der Waals surface area contributed by atoms with E-state index >= 15 is 0 Å². The predicted octanol–water partition coefficient (Wildman–Crippen LogP) is 4.98. The molecule has 6 nitrogen and oxygen atoms in total. The number of halogens is 2. The zero-order valence-electron chi connectivity index (χ0n) is 18.2. The molecule has 0 radical (unpaired) electrons. The lowest BCUT2D eigenvalue weighted by Crippen LogP contribution is -2.44. The number of amides is 1. The van der Waals surface area contributed by atoms with Gasteiger partial charge in [-0.1, -0.05) is 48.0 Å². The van der Waals surface area contributed by atoms with Gasteiger partial charge >= 0.3 is 0 Å². The van der Waals surface area contributed by atoms with Gasteiger partial charge < -0.3 is 10.2 Å². The Morgan fingerprint density at radius 2 is 2.09 bits per heavy atom. The Labute approximate surface area is 204 Å². The molecule has 2 aromatic carbocycles. The summed E-state index contributed by atoms with van der Waals surface area (Å²) < 4.78 is 14.0. The zero-order valence-corrected chi connectivity index (χ0v) is 19.8. The van der Waals surface area contributed by atoms with Gasteiger partial charge in [0.15, 0.2) is 0 Å². The maximum Gasteiger partial charge on any atom is 0.270 e. The Kier molecular flexibility index (Phi) is 6.34. The van der Waals surface area contributed by atoms with Gasteiger partial charge in [0, 0.05) is 30.6 Å². The standard InChI is InChI=1S/C25H22ClFN4O2S/c26-19-11-15(8-9-20(19)27)12-28-23(32)17-7-4-10-31(13-17)25-29-21-18(16-5-2-1-3-6-16)14-34-22(21)24(33)30-25/h1-3,5-6,8-9,11,14,17H,4,7,10,12-13H2,(H,28,32)(H,29,30,33)/t17-/m0/s1. The van der Waals surface area contributed by atoms with E-state index in [1.54, 1.807) is 6.07 Å². The quantitative estimate of drug-likeness (QED) is 0.408. The smallest absolute Gasteiger partial charge is 0.270 e. The minimum absolute atomic E-state index is 0.0318. The number of carbonyl (C=O) groups excluding carboxylic acids is 1. The van der Waals surface area contributed by atoms with Gasteiger partial charge in [0.25, 0.3) is 5.56 Å². The number of anilines is 1. The number of aromatic nitrogens is 2. The molecule has 1 atom stereocenters. The van der Waals surface area contributed by atoms with Crippen LogP contribution in [0.25, 0.3) is 21.3 Å². The molecule has 3 heterocycles. The molecule has 0 bridgehead atoms. The molecule has 2 aromatic heterocycles. The topological polar surface area (TPSA) is 78.1 Å². The fourth-order valence-corrected chi connectivity index (χ4v) is 5.37. The maximum absolute atomic E-state index is 13.4. The van der Waals surface area contributed by atoms with E-state index in [0.717, 1.165) is 29.5 Å². The van der Waals surface area contributed by atoms with E-state index in [1.165, 1.54) is 23.5 Å². The van der Waals surface area contributed by atoms with Gasteiger partial charge in [-0.3, -0.25) is 14.6 Å². The predicted molar refractivity (Wildman–Crippen MR) is 134 cm³/mol. The Balaban J connectivity index is 1.34. The summed E-state index contributed by atoms with van der Waals surface area (Å²) in [5, 5.41) is 4.91. The van der Waals surface area contributed by atoms with Gasteiger partial charge in [0.2, 0.25) is 11.9 Å². The van der Waals surface area contributed by atoms with Crippen LogP contribution in [-0.4, -0.2) is 29.0 Å². The Morgan fingerprint density at radius 1 is 1.26 bits per heavy atom. The summed E-state index contributed by atoms with van der Waals surface area (Å²) in [5.74, 6) is -0.342. The van der Waals surface area contributed by atoms with E-state index in [2.05, 4.69) is 10.3 Å². The average molecular weight is 497 g/mol. The minimum Gasteiger partial charge on any atom is -0.352 e. The fraction of sp³-hybridized carbons (Fsp3) is 0.240. The van der Waals surface area contributed by atoms with Crippen molar-refractivity contribution in [1.82, 2.24) is 15.3 Å². The lowest BCUT2D eigenvalue weighted by molar-refractivity contribution is -0.125. The van der Waals surface area contributed by atoms with Gasteiger partial charge in [0.1, 0.15) is 10.5 Å². The normalized spacial score (nSPS) is 16.1. The number of rotatable bonds is 5. The lowest BCUT2D eigenvalue weighted by Gasteiger charge is -2.32. The summed E-state index contributed by atoms with van der Waals surface area (Å²) in [4.78, 5) is 35.3. The monoisotopic (exact) mass is 496 g/mol. The van der Waals surface area contributed by atoms with Crippen LogP contribution in [-0.2, 0) is 11.3 Å². The summed E-state index contributed by atoms with van der Waals surface area (Å²) in [5.41, 5.74) is 3.17. The van der Waals surface area contributed by atoms with E-state index in [4.69, 9.17) is 16.6 Å². The van der Waals surface area contributed by atoms with Crippen molar-refractivity contribution in [2.75, 3.05) is 18.0 Å². The molecule has 1 fully saturated rings. The third-order valence-corrected chi connectivity index (χ3v) is 7.30. The second-order valence-electron chi connectivity index (χ2n) is 8.33. The zero-order chi connectivity index (χ0) is 23.7. The number of piperidine rings is 1. The summed E-state index contributed by atoms with van der Waals surface area (Å²) in [7, 11) is 0. The molecule has 0 saturated carbocycles. The molecule has 5 rings (SSSR count). The highest BCUT2D eigenvalue weighted by Gasteiger charge is 2.27. The number of hydrogen-bond acceptors (Lipinski definition) is 5. The highest BCUT2D eigenvalue weighted by atomic mass is 35.5. The van der Waals surface area contributed by atoms with Crippen molar-refractivity contribution in [1.29, 1.82) is 0 Å². The van der Waals surface area contributed by atoms with E-state index in [0.29, 0.717) is 29.3 Å². The third kappa shape index (κ3) is 4.56. The van der Waals surface area contributed by atoms with Gasteiger partial charge in [0.05, 0.1) is 16.5 Å². The van der Waals surface area contributed by atoms with Crippen LogP contribution in [0, 0.1) is 11.7 Å². The molecule has 1 aliphatic rings. The lowest BCUT2D eigenvalue weighted by atomic mass is 9.97. The van der Waals surface area contributed by atoms with Crippen molar-refractivity contribution in [3.8, 4) is 11.1 Å². The van der Waals surface area contributed by atoms with Gasteiger partial charge in [-0.2, -0.15) is 0 Å². The van der Waals surface area contributed by atoms with Crippen molar-refractivity contribution < 1.29 is 9.18 Å². The number of carbonyl (C=O) groups is 1. The van der Waals surface area contributed by atoms with Crippen molar-refractivity contribution in [2.24, 2.45) is 5.92 Å². The number of fused-ring (bicyclic) bond motifs is 1. The average Bonchev–Trinajstić information content (AvgIpc) is 3.30. The number of benzene rings is 2. The summed E-state index contributed by atoms with van der Waals surface area (Å²) in [6.45, 7) is 1.43. The maximum atomic E-state index is 13.4. The molecule has 0 unspecified atom stereocenters. The molecule has 9 heteroatoms. The van der Waals surface area contributed by atoms with Crippen LogP contribution >= 0.6 is 22.9 Å². The van der Waals surface area contributed by atoms with Crippen molar-refractivity contribution in [2.45, 2.75) is 19.4 Å². The Bertz CT molecular complexity index is 1410. The summed E-state index contributed by atoms with van der Waals surface area (Å²) in [6.07, 6.45) is 1.55. The molecule has 2 N–H and O–H groups in total. The third-order valence-electron chi connectivity index (χ3n) is 6.04. The fourth-order valence-electron chi connectivity index (χ4n) is 4.25. The van der Waals surface area contributed by atoms with E-state index in [9.17, 15) is 14.0 Å². The molecular formula is C25H22ClFN4O2S. The van der Waals surface area contributed by atoms with Crippen LogP contribution in [0.15, 0.2) is 58.7 Å². The molecule has 0 spiro atoms. The molecule has 0 aliphatic carbocycles. The first-order valence-corrected chi connectivity index (χ1v) is 12.3. The number of nitrogens with zero attached hydrogens (tertiary/aromatic N) is 2. The second-order valence-corrected chi connectivity index (χ2v) is 9.62. The van der Waals surface area contributed by atoms with Crippen molar-refractivity contribution in [3.05, 3.63) is 80.7 Å². The van der Waals surface area contributed by atoms with E-state index < -0.39 is 5.82 Å². The molecule has 34 heavy (non-hydrogen) atoms. The largest absolute Gasteiger partial charge is 0.352 e. The first-order chi connectivity index (χ1) is 16.5. The number of thiophene rings is 1. The van der Waals surface area contributed by atoms with Crippen LogP contribution in [0.1, 0.15) is 18.4 Å².